The van der Waals surface area contributed by atoms with E-state index in [1.165, 1.54) is 5.56 Å². The second-order valence-electron chi connectivity index (χ2n) is 5.51. The summed E-state index contributed by atoms with van der Waals surface area (Å²) in [5, 5.41) is 0.735. The van der Waals surface area contributed by atoms with Gasteiger partial charge in [0, 0.05) is 23.2 Å². The highest BCUT2D eigenvalue weighted by Crippen LogP contribution is 2.25. The Hall–Kier alpha value is -2.58. The van der Waals surface area contributed by atoms with Gasteiger partial charge < -0.3 is 0 Å². The van der Waals surface area contributed by atoms with E-state index in [0.717, 1.165) is 34.0 Å². The van der Waals surface area contributed by atoms with Gasteiger partial charge in [0.1, 0.15) is 5.82 Å². The average molecular weight is 319 g/mol. The molecule has 0 aliphatic heterocycles. The minimum Gasteiger partial charge on any atom is -0.299 e. The maximum Gasteiger partial charge on any atom is 0.144 e. The molecule has 0 spiro atoms. The quantitative estimate of drug-likeness (QED) is 0.504. The summed E-state index contributed by atoms with van der Waals surface area (Å²) in [7, 11) is 0. The van der Waals surface area contributed by atoms with Gasteiger partial charge in [-0.05, 0) is 42.0 Å². The number of pyridine rings is 1. The van der Waals surface area contributed by atoms with Crippen LogP contribution in [0.1, 0.15) is 11.3 Å². The molecule has 0 fully saturated rings. The fourth-order valence-electron chi connectivity index (χ4n) is 2.82. The van der Waals surface area contributed by atoms with Crippen molar-refractivity contribution in [1.29, 1.82) is 0 Å². The predicted octanol–water partition coefficient (Wildman–Crippen LogP) is 5.25. The molecule has 0 N–H and O–H groups in total. The molecule has 2 aromatic carbocycles. The van der Waals surface area contributed by atoms with E-state index in [1.54, 1.807) is 0 Å². The lowest BCUT2D eigenvalue weighted by atomic mass is 10.1. The van der Waals surface area contributed by atoms with E-state index < -0.39 is 0 Å². The van der Waals surface area contributed by atoms with Crippen LogP contribution in [0.2, 0.25) is 5.02 Å². The van der Waals surface area contributed by atoms with Gasteiger partial charge in [-0.25, -0.2) is 4.98 Å². The zero-order valence-corrected chi connectivity index (χ0v) is 13.2. The summed E-state index contributed by atoms with van der Waals surface area (Å²) in [5.41, 5.74) is 4.55. The van der Waals surface area contributed by atoms with E-state index in [4.69, 9.17) is 16.6 Å². The van der Waals surface area contributed by atoms with Crippen LogP contribution in [0.25, 0.3) is 16.9 Å². The van der Waals surface area contributed by atoms with Gasteiger partial charge in [0.05, 0.1) is 11.2 Å². The summed E-state index contributed by atoms with van der Waals surface area (Å²) in [4.78, 5) is 4.90. The molecule has 0 bridgehead atoms. The molecular formula is C20H15ClN2. The van der Waals surface area contributed by atoms with Crippen molar-refractivity contribution in [3.63, 3.8) is 0 Å². The SMILES string of the molecule is Clc1ccc(-c2nc(Cc3ccccc3)c3ccccn23)cc1. The zero-order valence-electron chi connectivity index (χ0n) is 12.5. The molecule has 2 aromatic heterocycles. The van der Waals surface area contributed by atoms with Crippen LogP contribution in [0, 0.1) is 0 Å². The molecule has 4 rings (SSSR count). The smallest absolute Gasteiger partial charge is 0.144 e. The molecule has 0 atom stereocenters. The number of fused-ring (bicyclic) bond motifs is 1. The number of aromatic nitrogens is 2. The molecule has 4 aromatic rings. The molecule has 23 heavy (non-hydrogen) atoms. The zero-order chi connectivity index (χ0) is 15.6. The summed E-state index contributed by atoms with van der Waals surface area (Å²) in [6.45, 7) is 0. The first-order valence-corrected chi connectivity index (χ1v) is 7.95. The number of rotatable bonds is 3. The van der Waals surface area contributed by atoms with Gasteiger partial charge in [0.2, 0.25) is 0 Å². The Balaban J connectivity index is 1.84. The van der Waals surface area contributed by atoms with E-state index in [2.05, 4.69) is 47.0 Å². The van der Waals surface area contributed by atoms with Crippen LogP contribution in [-0.2, 0) is 6.42 Å². The van der Waals surface area contributed by atoms with Crippen LogP contribution in [0.3, 0.4) is 0 Å². The van der Waals surface area contributed by atoms with Crippen LogP contribution in [0.15, 0.2) is 79.0 Å². The van der Waals surface area contributed by atoms with Crippen molar-refractivity contribution in [2.24, 2.45) is 0 Å². The molecule has 0 amide bonds. The summed E-state index contributed by atoms with van der Waals surface area (Å²) < 4.78 is 2.14. The van der Waals surface area contributed by atoms with Crippen LogP contribution >= 0.6 is 11.6 Å². The van der Waals surface area contributed by atoms with E-state index >= 15 is 0 Å². The molecule has 0 radical (unpaired) electrons. The molecule has 112 valence electrons. The lowest BCUT2D eigenvalue weighted by Crippen LogP contribution is -1.89. The Morgan fingerprint density at radius 1 is 0.826 bits per heavy atom. The highest BCUT2D eigenvalue weighted by atomic mass is 35.5. The van der Waals surface area contributed by atoms with Crippen LogP contribution in [0.4, 0.5) is 0 Å². The maximum absolute atomic E-state index is 6.00. The lowest BCUT2D eigenvalue weighted by molar-refractivity contribution is 1.12. The Kier molecular flexibility index (Phi) is 3.60. The van der Waals surface area contributed by atoms with Gasteiger partial charge in [-0.15, -0.1) is 0 Å². The third-order valence-corrected chi connectivity index (χ3v) is 4.19. The van der Waals surface area contributed by atoms with Gasteiger partial charge in [0.15, 0.2) is 0 Å². The summed E-state index contributed by atoms with van der Waals surface area (Å²) in [6.07, 6.45) is 2.88. The fourth-order valence-corrected chi connectivity index (χ4v) is 2.95. The van der Waals surface area contributed by atoms with E-state index in [1.807, 2.05) is 36.4 Å². The molecule has 0 aliphatic rings. The monoisotopic (exact) mass is 318 g/mol. The second kappa shape index (κ2) is 5.90. The Morgan fingerprint density at radius 2 is 1.57 bits per heavy atom. The molecule has 0 saturated heterocycles. The molecule has 2 heterocycles. The second-order valence-corrected chi connectivity index (χ2v) is 5.94. The Morgan fingerprint density at radius 3 is 2.35 bits per heavy atom. The first kappa shape index (κ1) is 14.0. The Labute approximate surface area is 140 Å². The molecule has 2 nitrogen and oxygen atoms in total. The largest absolute Gasteiger partial charge is 0.299 e. The molecule has 0 aliphatic carbocycles. The highest BCUT2D eigenvalue weighted by molar-refractivity contribution is 6.30. The number of benzene rings is 2. The van der Waals surface area contributed by atoms with Crippen molar-refractivity contribution in [1.82, 2.24) is 9.38 Å². The molecule has 0 unspecified atom stereocenters. The van der Waals surface area contributed by atoms with Gasteiger partial charge in [-0.3, -0.25) is 4.40 Å². The van der Waals surface area contributed by atoms with Gasteiger partial charge in [-0.1, -0.05) is 48.0 Å². The number of imidazole rings is 1. The highest BCUT2D eigenvalue weighted by Gasteiger charge is 2.12. The molecular weight excluding hydrogens is 304 g/mol. The third-order valence-electron chi connectivity index (χ3n) is 3.94. The fraction of sp³-hybridized carbons (Fsp3) is 0.0500. The van der Waals surface area contributed by atoms with Crippen molar-refractivity contribution >= 4 is 17.1 Å². The maximum atomic E-state index is 6.00. The lowest BCUT2D eigenvalue weighted by Gasteiger charge is -2.01. The first-order chi connectivity index (χ1) is 11.3. The third kappa shape index (κ3) is 2.73. The van der Waals surface area contributed by atoms with Crippen molar-refractivity contribution in [3.8, 4) is 11.4 Å². The van der Waals surface area contributed by atoms with Gasteiger partial charge in [-0.2, -0.15) is 0 Å². The standard InChI is InChI=1S/C20H15ClN2/c21-17-11-9-16(10-12-17)20-22-18(14-15-6-2-1-3-7-15)19-8-4-5-13-23(19)20/h1-13H,14H2. The van der Waals surface area contributed by atoms with Gasteiger partial charge >= 0.3 is 0 Å². The average Bonchev–Trinajstić information content (AvgIpc) is 2.95. The van der Waals surface area contributed by atoms with E-state index in [-0.39, 0.29) is 0 Å². The molecule has 3 heteroatoms. The van der Waals surface area contributed by atoms with Crippen LogP contribution < -0.4 is 0 Å². The van der Waals surface area contributed by atoms with E-state index in [9.17, 15) is 0 Å². The summed E-state index contributed by atoms with van der Waals surface area (Å²) in [5.74, 6) is 0.947. The molecule has 0 saturated carbocycles. The number of nitrogens with zero attached hydrogens (tertiary/aromatic N) is 2. The van der Waals surface area contributed by atoms with Crippen LogP contribution in [-0.4, -0.2) is 9.38 Å². The van der Waals surface area contributed by atoms with E-state index in [0.29, 0.717) is 0 Å². The van der Waals surface area contributed by atoms with Gasteiger partial charge in [0.25, 0.3) is 0 Å². The predicted molar refractivity (Wildman–Crippen MR) is 94.9 cm³/mol. The Bertz CT molecular complexity index is 940. The summed E-state index contributed by atoms with van der Waals surface area (Å²) >= 11 is 6.00. The summed E-state index contributed by atoms with van der Waals surface area (Å²) in [6, 6.07) is 24.5. The first-order valence-electron chi connectivity index (χ1n) is 7.57. The van der Waals surface area contributed by atoms with Crippen molar-refractivity contribution < 1.29 is 0 Å². The van der Waals surface area contributed by atoms with Crippen molar-refractivity contribution in [3.05, 3.63) is 95.3 Å². The minimum absolute atomic E-state index is 0.735. The topological polar surface area (TPSA) is 17.3 Å². The minimum atomic E-state index is 0.735. The van der Waals surface area contributed by atoms with Crippen molar-refractivity contribution in [2.75, 3.05) is 0 Å². The van der Waals surface area contributed by atoms with Crippen LogP contribution in [0.5, 0.6) is 0 Å². The normalized spacial score (nSPS) is 11.0. The number of hydrogen-bond acceptors (Lipinski definition) is 1. The number of halogens is 1. The number of hydrogen-bond donors (Lipinski definition) is 0. The van der Waals surface area contributed by atoms with Crippen molar-refractivity contribution in [2.45, 2.75) is 6.42 Å².